The fraction of sp³-hybridized carbons (Fsp3) is 0.900. The average molecular weight is 199 g/mol. The van der Waals surface area contributed by atoms with Crippen LogP contribution in [0.3, 0.4) is 0 Å². The normalized spacial score (nSPS) is 40.4. The summed E-state index contributed by atoms with van der Waals surface area (Å²) in [5.41, 5.74) is 0. The summed E-state index contributed by atoms with van der Waals surface area (Å²) in [5, 5.41) is 18.4. The van der Waals surface area contributed by atoms with E-state index in [2.05, 4.69) is 4.90 Å². The molecule has 3 aliphatic rings. The van der Waals surface area contributed by atoms with E-state index in [1.165, 1.54) is 0 Å². The van der Waals surface area contributed by atoms with Crippen molar-refractivity contribution in [2.75, 3.05) is 6.54 Å². The molecule has 0 aromatic heterocycles. The van der Waals surface area contributed by atoms with Crippen LogP contribution in [-0.2, 0) is 4.79 Å². The number of nitrogens with zero attached hydrogens (tertiary/aromatic N) is 1. The van der Waals surface area contributed by atoms with E-state index in [0.717, 1.165) is 13.0 Å². The molecule has 0 amide bonds. The predicted octanol–water partition coefficient (Wildman–Crippen LogP) is 0.161. The van der Waals surface area contributed by atoms with Crippen LogP contribution in [0, 0.1) is 11.8 Å². The Hall–Kier alpha value is -0.610. The van der Waals surface area contributed by atoms with Crippen molar-refractivity contribution in [3.05, 3.63) is 0 Å². The van der Waals surface area contributed by atoms with Gasteiger partial charge >= 0.3 is 5.97 Å². The lowest BCUT2D eigenvalue weighted by Gasteiger charge is -2.36. The minimum Gasteiger partial charge on any atom is -0.481 e. The summed E-state index contributed by atoms with van der Waals surface area (Å²) in [5.74, 6) is -0.540. The van der Waals surface area contributed by atoms with Gasteiger partial charge in [-0.05, 0) is 26.2 Å². The van der Waals surface area contributed by atoms with Crippen molar-refractivity contribution < 1.29 is 15.0 Å². The average Bonchev–Trinajstić information content (AvgIpc) is 2.57. The van der Waals surface area contributed by atoms with Gasteiger partial charge in [-0.15, -0.1) is 0 Å². The Labute approximate surface area is 83.5 Å². The van der Waals surface area contributed by atoms with Crippen molar-refractivity contribution in [1.29, 1.82) is 0 Å². The maximum absolute atomic E-state index is 10.9. The molecule has 2 N–H and O–H groups in total. The number of carboxylic acids is 1. The molecule has 2 bridgehead atoms. The number of aliphatic carboxylic acids is 1. The van der Waals surface area contributed by atoms with Gasteiger partial charge in [-0.3, -0.25) is 9.69 Å². The molecular formula is C10H17NO3. The Morgan fingerprint density at radius 3 is 2.57 bits per heavy atom. The molecule has 5 atom stereocenters. The fourth-order valence-corrected chi connectivity index (χ4v) is 2.77. The topological polar surface area (TPSA) is 60.8 Å². The highest BCUT2D eigenvalue weighted by molar-refractivity contribution is 5.73. The lowest BCUT2D eigenvalue weighted by molar-refractivity contribution is -0.147. The van der Waals surface area contributed by atoms with Gasteiger partial charge < -0.3 is 10.2 Å². The van der Waals surface area contributed by atoms with Gasteiger partial charge in [0.15, 0.2) is 0 Å². The number of carboxylic acid groups (broad SMARTS) is 1. The Balaban J connectivity index is 2.03. The number of hydrogen-bond donors (Lipinski definition) is 2. The summed E-state index contributed by atoms with van der Waals surface area (Å²) in [4.78, 5) is 13.0. The highest BCUT2D eigenvalue weighted by Crippen LogP contribution is 2.47. The second kappa shape index (κ2) is 3.21. The molecule has 2 aliphatic heterocycles. The maximum atomic E-state index is 10.9. The molecule has 0 spiro atoms. The van der Waals surface area contributed by atoms with Crippen LogP contribution in [0.2, 0.25) is 0 Å². The summed E-state index contributed by atoms with van der Waals surface area (Å²) in [6.07, 6.45) is 0.609. The third-order valence-electron chi connectivity index (χ3n) is 3.84. The van der Waals surface area contributed by atoms with E-state index in [4.69, 9.17) is 5.11 Å². The van der Waals surface area contributed by atoms with Gasteiger partial charge in [-0.25, -0.2) is 0 Å². The van der Waals surface area contributed by atoms with E-state index in [0.29, 0.717) is 5.92 Å². The van der Waals surface area contributed by atoms with Crippen molar-refractivity contribution in [3.8, 4) is 0 Å². The Morgan fingerprint density at radius 2 is 2.14 bits per heavy atom. The van der Waals surface area contributed by atoms with Gasteiger partial charge in [0, 0.05) is 18.6 Å². The van der Waals surface area contributed by atoms with Gasteiger partial charge in [0.25, 0.3) is 0 Å². The Morgan fingerprint density at radius 1 is 1.50 bits per heavy atom. The summed E-state index contributed by atoms with van der Waals surface area (Å²) < 4.78 is 0. The van der Waals surface area contributed by atoms with E-state index in [9.17, 15) is 9.90 Å². The van der Waals surface area contributed by atoms with Gasteiger partial charge in [0.1, 0.15) is 0 Å². The molecule has 80 valence electrons. The quantitative estimate of drug-likeness (QED) is 0.679. The van der Waals surface area contributed by atoms with Gasteiger partial charge in [-0.1, -0.05) is 0 Å². The molecular weight excluding hydrogens is 182 g/mol. The SMILES string of the molecule is CC(O)C(C)N1CC2CC1C2C(=O)O. The zero-order chi connectivity index (χ0) is 10.5. The number of aliphatic hydroxyl groups is 1. The van der Waals surface area contributed by atoms with Crippen molar-refractivity contribution in [2.24, 2.45) is 11.8 Å². The molecule has 0 radical (unpaired) electrons. The molecule has 4 heteroatoms. The van der Waals surface area contributed by atoms with E-state index in [1.807, 2.05) is 6.92 Å². The molecule has 3 rings (SSSR count). The van der Waals surface area contributed by atoms with E-state index in [-0.39, 0.29) is 24.1 Å². The zero-order valence-electron chi connectivity index (χ0n) is 8.55. The van der Waals surface area contributed by atoms with Crippen LogP contribution < -0.4 is 0 Å². The maximum Gasteiger partial charge on any atom is 0.308 e. The van der Waals surface area contributed by atoms with Crippen LogP contribution in [0.5, 0.6) is 0 Å². The van der Waals surface area contributed by atoms with E-state index >= 15 is 0 Å². The second-order valence-electron chi connectivity index (χ2n) is 4.61. The van der Waals surface area contributed by atoms with Crippen LogP contribution in [0.15, 0.2) is 0 Å². The number of carbonyl (C=O) groups is 1. The van der Waals surface area contributed by atoms with Gasteiger partial charge in [0.05, 0.1) is 12.0 Å². The first-order valence-corrected chi connectivity index (χ1v) is 5.19. The second-order valence-corrected chi connectivity index (χ2v) is 4.61. The molecule has 0 aromatic rings. The molecule has 0 aromatic carbocycles. The van der Waals surface area contributed by atoms with Crippen LogP contribution in [-0.4, -0.2) is 45.8 Å². The van der Waals surface area contributed by atoms with Crippen LogP contribution in [0.1, 0.15) is 20.3 Å². The summed E-state index contributed by atoms with van der Waals surface area (Å²) in [7, 11) is 0. The number of rotatable bonds is 3. The lowest BCUT2D eigenvalue weighted by Crippen LogP contribution is -2.48. The van der Waals surface area contributed by atoms with Crippen molar-refractivity contribution in [2.45, 2.75) is 38.5 Å². The Bertz CT molecular complexity index is 254. The molecule has 2 saturated heterocycles. The van der Waals surface area contributed by atoms with E-state index in [1.54, 1.807) is 6.92 Å². The first kappa shape index (κ1) is 9.93. The minimum absolute atomic E-state index is 0.0781. The van der Waals surface area contributed by atoms with Gasteiger partial charge in [0.2, 0.25) is 0 Å². The summed E-state index contributed by atoms with van der Waals surface area (Å²) >= 11 is 0. The molecule has 1 aliphatic carbocycles. The lowest BCUT2D eigenvalue weighted by atomic mass is 9.74. The summed E-state index contributed by atoms with van der Waals surface area (Å²) in [6, 6.07) is 0.247. The molecule has 3 fully saturated rings. The monoisotopic (exact) mass is 199 g/mol. The van der Waals surface area contributed by atoms with Crippen LogP contribution >= 0.6 is 0 Å². The van der Waals surface area contributed by atoms with E-state index < -0.39 is 5.97 Å². The molecule has 14 heavy (non-hydrogen) atoms. The number of hydrogen-bond acceptors (Lipinski definition) is 3. The zero-order valence-corrected chi connectivity index (χ0v) is 8.55. The fourth-order valence-electron chi connectivity index (χ4n) is 2.77. The molecule has 4 nitrogen and oxygen atoms in total. The minimum atomic E-state index is -0.674. The third-order valence-corrected chi connectivity index (χ3v) is 3.84. The molecule has 1 saturated carbocycles. The number of aliphatic hydroxyl groups excluding tert-OH is 1. The highest BCUT2D eigenvalue weighted by Gasteiger charge is 2.56. The first-order valence-electron chi connectivity index (χ1n) is 5.19. The Kier molecular flexibility index (Phi) is 2.27. The van der Waals surface area contributed by atoms with Crippen LogP contribution in [0.4, 0.5) is 0 Å². The van der Waals surface area contributed by atoms with Gasteiger partial charge in [-0.2, -0.15) is 0 Å². The number of fused-ring (bicyclic) bond motifs is 1. The summed E-state index contributed by atoms with van der Waals surface area (Å²) in [6.45, 7) is 4.56. The largest absolute Gasteiger partial charge is 0.481 e. The molecule has 2 heterocycles. The molecule has 5 unspecified atom stereocenters. The van der Waals surface area contributed by atoms with Crippen molar-refractivity contribution in [1.82, 2.24) is 4.90 Å². The third kappa shape index (κ3) is 1.25. The van der Waals surface area contributed by atoms with Crippen molar-refractivity contribution in [3.63, 3.8) is 0 Å². The van der Waals surface area contributed by atoms with Crippen LogP contribution in [0.25, 0.3) is 0 Å². The first-order chi connectivity index (χ1) is 6.52. The highest BCUT2D eigenvalue weighted by atomic mass is 16.4. The van der Waals surface area contributed by atoms with Crippen molar-refractivity contribution >= 4 is 5.97 Å². The smallest absolute Gasteiger partial charge is 0.308 e. The standard InChI is InChI=1S/C10H17NO3/c1-5(6(2)12)11-4-7-3-8(11)9(7)10(13)14/h5-9,12H,3-4H2,1-2H3,(H,13,14). The predicted molar refractivity (Wildman–Crippen MR) is 50.9 cm³/mol.